The van der Waals surface area contributed by atoms with Crippen molar-refractivity contribution in [3.63, 3.8) is 0 Å². The van der Waals surface area contributed by atoms with E-state index in [0.717, 1.165) is 24.8 Å². The van der Waals surface area contributed by atoms with Crippen molar-refractivity contribution >= 4 is 5.78 Å². The molecule has 0 radical (unpaired) electrons. The van der Waals surface area contributed by atoms with Crippen LogP contribution in [0.25, 0.3) is 0 Å². The van der Waals surface area contributed by atoms with E-state index in [2.05, 4.69) is 6.92 Å². The Labute approximate surface area is 191 Å². The predicted molar refractivity (Wildman–Crippen MR) is 121 cm³/mol. The highest BCUT2D eigenvalue weighted by Crippen LogP contribution is 2.67. The van der Waals surface area contributed by atoms with E-state index in [1.165, 1.54) is 0 Å². The molecular weight excluding hydrogens is 408 g/mol. The number of hydrogen-bond acceptors (Lipinski definition) is 6. The SMILES string of the molecule is CC(C)(O)CCC[C@H](O)[C@H]1CC[C@@]2(O)C3=CC(=O)[C@@H]4C[C@@H](O)[C@@H](O)C[C@]4(C)C3CC[C@]12C. The summed E-state index contributed by atoms with van der Waals surface area (Å²) in [5, 5.41) is 53.8. The molecule has 4 aliphatic carbocycles. The zero-order chi connectivity index (χ0) is 23.7. The maximum Gasteiger partial charge on any atom is 0.159 e. The third kappa shape index (κ3) is 3.61. The molecule has 0 aromatic carbocycles. The zero-order valence-electron chi connectivity index (χ0n) is 20.0. The molecule has 0 amide bonds. The van der Waals surface area contributed by atoms with Crippen LogP contribution in [0.15, 0.2) is 11.6 Å². The number of hydrogen-bond donors (Lipinski definition) is 5. The summed E-state index contributed by atoms with van der Waals surface area (Å²) < 4.78 is 0. The molecule has 0 aliphatic heterocycles. The number of aliphatic hydroxyl groups excluding tert-OH is 3. The first-order chi connectivity index (χ1) is 14.7. The Morgan fingerprint density at radius 1 is 1.12 bits per heavy atom. The highest BCUT2D eigenvalue weighted by Gasteiger charge is 2.67. The molecule has 32 heavy (non-hydrogen) atoms. The van der Waals surface area contributed by atoms with Gasteiger partial charge in [0.25, 0.3) is 0 Å². The lowest BCUT2D eigenvalue weighted by Crippen LogP contribution is -2.61. The fourth-order valence-electron chi connectivity index (χ4n) is 7.97. The molecule has 3 fully saturated rings. The number of aliphatic hydroxyl groups is 5. The topological polar surface area (TPSA) is 118 Å². The van der Waals surface area contributed by atoms with Crippen LogP contribution in [0.1, 0.15) is 85.5 Å². The maximum absolute atomic E-state index is 13.2. The van der Waals surface area contributed by atoms with Crippen LogP contribution in [0, 0.1) is 28.6 Å². The Bertz CT molecular complexity index is 786. The van der Waals surface area contributed by atoms with E-state index >= 15 is 0 Å². The summed E-state index contributed by atoms with van der Waals surface area (Å²) in [7, 11) is 0. The van der Waals surface area contributed by atoms with Crippen molar-refractivity contribution in [3.05, 3.63) is 11.6 Å². The fourth-order valence-corrected chi connectivity index (χ4v) is 7.97. The number of ketones is 1. The summed E-state index contributed by atoms with van der Waals surface area (Å²) in [6.45, 7) is 7.67. The Hall–Kier alpha value is -0.790. The third-order valence-corrected chi connectivity index (χ3v) is 9.94. The average molecular weight is 451 g/mol. The van der Waals surface area contributed by atoms with Crippen molar-refractivity contribution in [2.24, 2.45) is 28.6 Å². The highest BCUT2D eigenvalue weighted by atomic mass is 16.3. The smallest absolute Gasteiger partial charge is 0.159 e. The van der Waals surface area contributed by atoms with Gasteiger partial charge in [0.15, 0.2) is 5.78 Å². The quantitative estimate of drug-likeness (QED) is 0.439. The second-order valence-corrected chi connectivity index (χ2v) is 12.4. The van der Waals surface area contributed by atoms with E-state index in [1.54, 1.807) is 19.9 Å². The largest absolute Gasteiger partial charge is 0.393 e. The molecule has 0 heterocycles. The molecule has 182 valence electrons. The van der Waals surface area contributed by atoms with Crippen LogP contribution in [-0.2, 0) is 4.79 Å². The van der Waals surface area contributed by atoms with Gasteiger partial charge in [-0.3, -0.25) is 4.79 Å². The van der Waals surface area contributed by atoms with Gasteiger partial charge < -0.3 is 25.5 Å². The molecule has 0 saturated heterocycles. The maximum atomic E-state index is 13.2. The Kier molecular flexibility index (Phi) is 5.99. The van der Waals surface area contributed by atoms with Crippen molar-refractivity contribution in [3.8, 4) is 0 Å². The number of rotatable bonds is 5. The monoisotopic (exact) mass is 450 g/mol. The average Bonchev–Trinajstić information content (AvgIpc) is 2.95. The van der Waals surface area contributed by atoms with Gasteiger partial charge in [-0.05, 0) is 101 Å². The summed E-state index contributed by atoms with van der Waals surface area (Å²) in [5.41, 5.74) is -2.08. The van der Waals surface area contributed by atoms with Gasteiger partial charge in [-0.15, -0.1) is 0 Å². The van der Waals surface area contributed by atoms with E-state index in [9.17, 15) is 30.3 Å². The molecule has 9 atom stereocenters. The van der Waals surface area contributed by atoms with E-state index in [-0.39, 0.29) is 30.0 Å². The lowest BCUT2D eigenvalue weighted by molar-refractivity contribution is -0.155. The number of carbonyl (C=O) groups is 1. The van der Waals surface area contributed by atoms with Crippen LogP contribution < -0.4 is 0 Å². The van der Waals surface area contributed by atoms with Crippen LogP contribution in [-0.4, -0.2) is 60.8 Å². The first-order valence-electron chi connectivity index (χ1n) is 12.5. The minimum atomic E-state index is -1.14. The molecular formula is C26H42O6. The summed E-state index contributed by atoms with van der Waals surface area (Å²) in [4.78, 5) is 13.2. The van der Waals surface area contributed by atoms with Crippen LogP contribution in [0.4, 0.5) is 0 Å². The van der Waals surface area contributed by atoms with Gasteiger partial charge in [-0.2, -0.15) is 0 Å². The lowest BCUT2D eigenvalue weighted by Gasteiger charge is -2.60. The normalized spacial score (nSPS) is 47.3. The Balaban J connectivity index is 1.60. The van der Waals surface area contributed by atoms with Crippen LogP contribution in [0.3, 0.4) is 0 Å². The van der Waals surface area contributed by atoms with Gasteiger partial charge in [-0.25, -0.2) is 0 Å². The van der Waals surface area contributed by atoms with Gasteiger partial charge in [0.1, 0.15) is 0 Å². The molecule has 0 aromatic heterocycles. The second-order valence-electron chi connectivity index (χ2n) is 12.4. The molecule has 1 unspecified atom stereocenters. The van der Waals surface area contributed by atoms with Crippen molar-refractivity contribution in [1.29, 1.82) is 0 Å². The van der Waals surface area contributed by atoms with Gasteiger partial charge in [0.2, 0.25) is 0 Å². The molecule has 5 N–H and O–H groups in total. The van der Waals surface area contributed by atoms with Crippen LogP contribution in [0.2, 0.25) is 0 Å². The minimum absolute atomic E-state index is 0.00324. The van der Waals surface area contributed by atoms with E-state index in [4.69, 9.17) is 0 Å². The van der Waals surface area contributed by atoms with Gasteiger partial charge in [-0.1, -0.05) is 13.8 Å². The van der Waals surface area contributed by atoms with Crippen LogP contribution in [0.5, 0.6) is 0 Å². The van der Waals surface area contributed by atoms with Crippen LogP contribution >= 0.6 is 0 Å². The van der Waals surface area contributed by atoms with Gasteiger partial charge in [0, 0.05) is 11.3 Å². The summed E-state index contributed by atoms with van der Waals surface area (Å²) in [6.07, 6.45) is 4.74. The number of fused-ring (bicyclic) bond motifs is 5. The fraction of sp³-hybridized carbons (Fsp3) is 0.885. The van der Waals surface area contributed by atoms with Gasteiger partial charge >= 0.3 is 0 Å². The third-order valence-electron chi connectivity index (χ3n) is 9.94. The highest BCUT2D eigenvalue weighted by molar-refractivity contribution is 5.95. The molecule has 6 heteroatoms. The summed E-state index contributed by atoms with van der Waals surface area (Å²) in [5.74, 6) is -0.434. The van der Waals surface area contributed by atoms with Crippen molar-refractivity contribution < 1.29 is 30.3 Å². The first kappa shape index (κ1) is 24.3. The van der Waals surface area contributed by atoms with Crippen molar-refractivity contribution in [2.45, 2.75) is 115 Å². The molecule has 0 bridgehead atoms. The molecule has 4 rings (SSSR count). The van der Waals surface area contributed by atoms with Crippen molar-refractivity contribution in [1.82, 2.24) is 0 Å². The van der Waals surface area contributed by atoms with E-state index in [0.29, 0.717) is 32.1 Å². The molecule has 3 saturated carbocycles. The molecule has 6 nitrogen and oxygen atoms in total. The van der Waals surface area contributed by atoms with E-state index < -0.39 is 40.3 Å². The zero-order valence-corrected chi connectivity index (χ0v) is 20.0. The Morgan fingerprint density at radius 2 is 1.81 bits per heavy atom. The molecule has 4 aliphatic rings. The number of carbonyl (C=O) groups excluding carboxylic acids is 1. The van der Waals surface area contributed by atoms with Crippen molar-refractivity contribution in [2.75, 3.05) is 0 Å². The minimum Gasteiger partial charge on any atom is -0.393 e. The first-order valence-corrected chi connectivity index (χ1v) is 12.5. The molecule has 0 spiro atoms. The standard InChI is InChI=1S/C26H42O6/c1-23(2,31)9-5-6-19(27)16-8-11-26(32)17-12-20(28)18-13-21(29)22(30)14-24(18,3)15(17)7-10-25(16,26)4/h12,15-16,18-19,21-22,27,29-32H,5-11,13-14H2,1-4H3/t15?,16-,18+,19+,21-,22+,24-,25-,26-/m1/s1. The summed E-state index contributed by atoms with van der Waals surface area (Å²) >= 11 is 0. The number of allylic oxidation sites excluding steroid dienone is 1. The Morgan fingerprint density at radius 3 is 2.47 bits per heavy atom. The lowest BCUT2D eigenvalue weighted by atomic mass is 9.46. The predicted octanol–water partition coefficient (Wildman–Crippen LogP) is 2.49. The second kappa shape index (κ2) is 7.88. The van der Waals surface area contributed by atoms with Gasteiger partial charge in [0.05, 0.1) is 29.5 Å². The summed E-state index contributed by atoms with van der Waals surface area (Å²) in [6, 6.07) is 0. The van der Waals surface area contributed by atoms with E-state index in [1.807, 2.05) is 6.92 Å². The molecule has 0 aromatic rings.